The number of carbonyl (C=O) groups is 2. The predicted octanol–water partition coefficient (Wildman–Crippen LogP) is 3.77. The first-order valence-corrected chi connectivity index (χ1v) is 12.8. The van der Waals surface area contributed by atoms with Crippen molar-refractivity contribution in [2.45, 2.75) is 50.2 Å². The van der Waals surface area contributed by atoms with Crippen molar-refractivity contribution in [1.29, 1.82) is 0 Å². The van der Waals surface area contributed by atoms with Crippen LogP contribution in [0.5, 0.6) is 5.75 Å². The van der Waals surface area contributed by atoms with Gasteiger partial charge < -0.3 is 15.0 Å². The van der Waals surface area contributed by atoms with Crippen LogP contribution in [0.2, 0.25) is 0 Å². The molecular weight excluding hydrogens is 434 g/mol. The minimum atomic E-state index is -0.433. The molecule has 4 rings (SSSR count). The van der Waals surface area contributed by atoms with Crippen molar-refractivity contribution in [3.63, 3.8) is 0 Å². The quantitative estimate of drug-likeness (QED) is 0.672. The fraction of sp³-hybridized carbons (Fsp3) is 0.462. The van der Waals surface area contributed by atoms with Crippen LogP contribution >= 0.6 is 11.8 Å². The molecule has 1 N–H and O–H groups in total. The van der Waals surface area contributed by atoms with Crippen molar-refractivity contribution < 1.29 is 14.3 Å². The Labute approximate surface area is 200 Å². The highest BCUT2D eigenvalue weighted by molar-refractivity contribution is 8.00. The van der Waals surface area contributed by atoms with Crippen LogP contribution in [0.3, 0.4) is 0 Å². The van der Waals surface area contributed by atoms with E-state index in [0.717, 1.165) is 38.9 Å². The molecular formula is C26H33N3O3S. The van der Waals surface area contributed by atoms with Gasteiger partial charge in [-0.15, -0.1) is 11.8 Å². The lowest BCUT2D eigenvalue weighted by Crippen LogP contribution is -2.53. The molecule has 2 aliphatic rings. The Bertz CT molecular complexity index is 930. The molecule has 2 heterocycles. The Kier molecular flexibility index (Phi) is 7.93. The number of thioether (sulfide) groups is 1. The number of carbonyl (C=O) groups excluding carboxylic acids is 2. The van der Waals surface area contributed by atoms with Gasteiger partial charge in [-0.05, 0) is 49.1 Å². The number of amides is 2. The van der Waals surface area contributed by atoms with Gasteiger partial charge >= 0.3 is 0 Å². The average molecular weight is 468 g/mol. The zero-order chi connectivity index (χ0) is 23.2. The molecule has 0 aliphatic carbocycles. The molecule has 2 atom stereocenters. The van der Waals surface area contributed by atoms with Crippen LogP contribution in [-0.2, 0) is 11.3 Å². The van der Waals surface area contributed by atoms with E-state index in [1.807, 2.05) is 6.07 Å². The Hall–Kier alpha value is -2.51. The van der Waals surface area contributed by atoms with Crippen LogP contribution in [0.15, 0.2) is 54.6 Å². The van der Waals surface area contributed by atoms with Gasteiger partial charge in [0.2, 0.25) is 5.91 Å². The first-order valence-electron chi connectivity index (χ1n) is 11.7. The topological polar surface area (TPSA) is 61.9 Å². The second-order valence-corrected chi connectivity index (χ2v) is 9.91. The van der Waals surface area contributed by atoms with Gasteiger partial charge in [0, 0.05) is 37.0 Å². The van der Waals surface area contributed by atoms with Crippen LogP contribution in [0, 0.1) is 0 Å². The highest BCUT2D eigenvalue weighted by atomic mass is 32.2. The Morgan fingerprint density at radius 1 is 1.06 bits per heavy atom. The molecule has 2 amide bonds. The lowest BCUT2D eigenvalue weighted by molar-refractivity contribution is -0.125. The Morgan fingerprint density at radius 2 is 1.76 bits per heavy atom. The molecule has 2 aromatic carbocycles. The van der Waals surface area contributed by atoms with E-state index in [4.69, 9.17) is 4.74 Å². The summed E-state index contributed by atoms with van der Waals surface area (Å²) in [6, 6.07) is 17.3. The van der Waals surface area contributed by atoms with Gasteiger partial charge in [-0.25, -0.2) is 0 Å². The maximum atomic E-state index is 13.3. The van der Waals surface area contributed by atoms with Gasteiger partial charge in [-0.1, -0.05) is 37.3 Å². The summed E-state index contributed by atoms with van der Waals surface area (Å²) in [7, 11) is 1.60. The molecule has 2 unspecified atom stereocenters. The average Bonchev–Trinajstić information content (AvgIpc) is 3.30. The molecule has 0 saturated carbocycles. The molecule has 6 nitrogen and oxygen atoms in total. The summed E-state index contributed by atoms with van der Waals surface area (Å²) in [5.41, 5.74) is 1.91. The summed E-state index contributed by atoms with van der Waals surface area (Å²) >= 11 is 1.69. The van der Waals surface area contributed by atoms with Crippen molar-refractivity contribution in [2.75, 3.05) is 26.0 Å². The third kappa shape index (κ3) is 5.71. The zero-order valence-electron chi connectivity index (χ0n) is 19.4. The van der Waals surface area contributed by atoms with E-state index < -0.39 is 6.04 Å². The minimum Gasteiger partial charge on any atom is -0.497 e. The molecule has 0 spiro atoms. The summed E-state index contributed by atoms with van der Waals surface area (Å²) in [6.45, 7) is 4.94. The van der Waals surface area contributed by atoms with E-state index in [0.29, 0.717) is 17.1 Å². The monoisotopic (exact) mass is 467 g/mol. The molecule has 2 saturated heterocycles. The molecule has 0 radical (unpaired) electrons. The number of ether oxygens (including phenoxy) is 1. The third-order valence-electron chi connectivity index (χ3n) is 6.50. The largest absolute Gasteiger partial charge is 0.497 e. The van der Waals surface area contributed by atoms with E-state index in [9.17, 15) is 9.59 Å². The van der Waals surface area contributed by atoms with E-state index in [1.165, 1.54) is 5.56 Å². The number of methoxy groups -OCH3 is 1. The van der Waals surface area contributed by atoms with Crippen molar-refractivity contribution in [1.82, 2.24) is 15.1 Å². The Morgan fingerprint density at radius 3 is 2.39 bits per heavy atom. The van der Waals surface area contributed by atoms with Gasteiger partial charge in [0.1, 0.15) is 11.8 Å². The summed E-state index contributed by atoms with van der Waals surface area (Å²) in [6.07, 6.45) is 2.68. The second kappa shape index (κ2) is 11.1. The first kappa shape index (κ1) is 23.6. The number of likely N-dealkylation sites (tertiary alicyclic amines) is 1. The van der Waals surface area contributed by atoms with Crippen molar-refractivity contribution in [2.24, 2.45) is 0 Å². The number of nitrogens with one attached hydrogen (secondary N) is 1. The SMILES string of the molecule is CCC1SCC(C(=O)NC2CCN(Cc3ccccc3)CC2)N1C(=O)c1ccc(OC)cc1. The maximum Gasteiger partial charge on any atom is 0.255 e. The van der Waals surface area contributed by atoms with Crippen LogP contribution in [-0.4, -0.2) is 65.0 Å². The molecule has 0 aromatic heterocycles. The van der Waals surface area contributed by atoms with Crippen molar-refractivity contribution >= 4 is 23.6 Å². The predicted molar refractivity (Wildman–Crippen MR) is 132 cm³/mol. The lowest BCUT2D eigenvalue weighted by atomic mass is 10.0. The summed E-state index contributed by atoms with van der Waals surface area (Å²) in [4.78, 5) is 30.8. The zero-order valence-corrected chi connectivity index (χ0v) is 20.2. The first-order chi connectivity index (χ1) is 16.1. The fourth-order valence-corrected chi connectivity index (χ4v) is 5.96. The minimum absolute atomic E-state index is 0.0167. The van der Waals surface area contributed by atoms with Crippen molar-refractivity contribution in [3.8, 4) is 5.75 Å². The number of rotatable bonds is 7. The van der Waals surface area contributed by atoms with Gasteiger partial charge in [0.05, 0.1) is 12.5 Å². The molecule has 176 valence electrons. The molecule has 2 aromatic rings. The van der Waals surface area contributed by atoms with Crippen LogP contribution in [0.1, 0.15) is 42.1 Å². The Balaban J connectivity index is 1.35. The third-order valence-corrected chi connectivity index (χ3v) is 7.95. The van der Waals surface area contributed by atoms with E-state index in [-0.39, 0.29) is 23.2 Å². The molecule has 0 bridgehead atoms. The highest BCUT2D eigenvalue weighted by Gasteiger charge is 2.41. The van der Waals surface area contributed by atoms with Crippen LogP contribution in [0.25, 0.3) is 0 Å². The number of piperidine rings is 1. The molecule has 2 aliphatic heterocycles. The number of benzene rings is 2. The summed E-state index contributed by atoms with van der Waals surface area (Å²) in [5.74, 6) is 1.23. The smallest absolute Gasteiger partial charge is 0.255 e. The highest BCUT2D eigenvalue weighted by Crippen LogP contribution is 2.33. The van der Waals surface area contributed by atoms with Gasteiger partial charge in [-0.2, -0.15) is 0 Å². The van der Waals surface area contributed by atoms with Crippen LogP contribution in [0.4, 0.5) is 0 Å². The van der Waals surface area contributed by atoms with E-state index >= 15 is 0 Å². The summed E-state index contributed by atoms with van der Waals surface area (Å²) < 4.78 is 5.20. The normalized spacial score (nSPS) is 21.7. The molecule has 2 fully saturated rings. The van der Waals surface area contributed by atoms with Gasteiger partial charge in [0.25, 0.3) is 5.91 Å². The van der Waals surface area contributed by atoms with Crippen LogP contribution < -0.4 is 10.1 Å². The molecule has 7 heteroatoms. The van der Waals surface area contributed by atoms with E-state index in [2.05, 4.69) is 41.4 Å². The number of hydrogen-bond donors (Lipinski definition) is 1. The van der Waals surface area contributed by atoms with Crippen molar-refractivity contribution in [3.05, 3.63) is 65.7 Å². The maximum absolute atomic E-state index is 13.3. The lowest BCUT2D eigenvalue weighted by Gasteiger charge is -2.34. The fourth-order valence-electron chi connectivity index (χ4n) is 4.61. The van der Waals surface area contributed by atoms with E-state index in [1.54, 1.807) is 48.0 Å². The number of nitrogens with zero attached hydrogens (tertiary/aromatic N) is 2. The number of hydrogen-bond acceptors (Lipinski definition) is 5. The molecule has 33 heavy (non-hydrogen) atoms. The van der Waals surface area contributed by atoms with Gasteiger partial charge in [-0.3, -0.25) is 14.5 Å². The standard InChI is InChI=1S/C26H33N3O3S/c1-3-24-29(26(31)20-9-11-22(32-2)12-10-20)23(18-33-24)25(30)27-21-13-15-28(16-14-21)17-19-7-5-4-6-8-19/h4-12,21,23-24H,3,13-18H2,1-2H3,(H,27,30). The second-order valence-electron chi connectivity index (χ2n) is 8.70. The summed E-state index contributed by atoms with van der Waals surface area (Å²) in [5, 5.41) is 3.27. The van der Waals surface area contributed by atoms with Gasteiger partial charge in [0.15, 0.2) is 0 Å².